The average molecular weight is 463 g/mol. The molecule has 5 nitrogen and oxygen atoms in total. The summed E-state index contributed by atoms with van der Waals surface area (Å²) >= 11 is 1.52. The lowest BCUT2D eigenvalue weighted by Crippen LogP contribution is -2.44. The second-order valence-electron chi connectivity index (χ2n) is 8.17. The van der Waals surface area contributed by atoms with Crippen molar-refractivity contribution >= 4 is 29.7 Å². The fourth-order valence-corrected chi connectivity index (χ4v) is 4.18. The largest absolute Gasteiger partial charge is 0.354 e. The van der Waals surface area contributed by atoms with E-state index in [1.54, 1.807) is 6.07 Å². The number of piperazine rings is 1. The number of rotatable bonds is 8. The summed E-state index contributed by atoms with van der Waals surface area (Å²) in [7, 11) is 2.16. The Hall–Kier alpha value is -2.83. The SMILES string of the molecule is CCCCc1ccc(NSc2cccc(C=O)c2)cc1.CN1CCN(c2ccccn2)CC1. The molecule has 2 aromatic carbocycles. The van der Waals surface area contributed by atoms with Gasteiger partial charge in [-0.15, -0.1) is 0 Å². The smallest absolute Gasteiger partial charge is 0.150 e. The van der Waals surface area contributed by atoms with Gasteiger partial charge in [0.25, 0.3) is 0 Å². The number of nitrogens with zero attached hydrogens (tertiary/aromatic N) is 3. The van der Waals surface area contributed by atoms with E-state index in [4.69, 9.17) is 0 Å². The quantitative estimate of drug-likeness (QED) is 0.337. The Morgan fingerprint density at radius 2 is 1.79 bits per heavy atom. The molecule has 0 bridgehead atoms. The first-order valence-electron chi connectivity index (χ1n) is 11.6. The van der Waals surface area contributed by atoms with Crippen LogP contribution in [0, 0.1) is 0 Å². The fraction of sp³-hybridized carbons (Fsp3) is 0.333. The predicted molar refractivity (Wildman–Crippen MR) is 140 cm³/mol. The van der Waals surface area contributed by atoms with Crippen molar-refractivity contribution in [2.24, 2.45) is 0 Å². The normalized spacial score (nSPS) is 13.7. The summed E-state index contributed by atoms with van der Waals surface area (Å²) in [6, 6.07) is 22.2. The Balaban J connectivity index is 0.000000203. The lowest BCUT2D eigenvalue weighted by atomic mass is 10.1. The second-order valence-corrected chi connectivity index (χ2v) is 9.05. The van der Waals surface area contributed by atoms with Gasteiger partial charge in [0.15, 0.2) is 0 Å². The Labute approximate surface area is 202 Å². The first-order valence-corrected chi connectivity index (χ1v) is 12.4. The summed E-state index contributed by atoms with van der Waals surface area (Å²) < 4.78 is 3.30. The molecule has 1 aliphatic heterocycles. The van der Waals surface area contributed by atoms with E-state index in [2.05, 4.69) is 63.8 Å². The Morgan fingerprint density at radius 1 is 1.00 bits per heavy atom. The maximum absolute atomic E-state index is 10.7. The van der Waals surface area contributed by atoms with Crippen LogP contribution in [-0.2, 0) is 6.42 Å². The maximum Gasteiger partial charge on any atom is 0.150 e. The molecule has 0 aliphatic carbocycles. The van der Waals surface area contributed by atoms with E-state index >= 15 is 0 Å². The van der Waals surface area contributed by atoms with Crippen LogP contribution in [0.3, 0.4) is 0 Å². The number of unbranched alkanes of at least 4 members (excludes halogenated alkanes) is 1. The van der Waals surface area contributed by atoms with E-state index in [1.165, 1.54) is 30.4 Å². The monoisotopic (exact) mass is 462 g/mol. The summed E-state index contributed by atoms with van der Waals surface area (Å²) in [5.74, 6) is 1.11. The van der Waals surface area contributed by atoms with E-state index in [1.807, 2.05) is 36.5 Å². The molecule has 3 aromatic rings. The molecule has 1 aromatic heterocycles. The number of carbonyl (C=O) groups is 1. The topological polar surface area (TPSA) is 48.5 Å². The lowest BCUT2D eigenvalue weighted by molar-refractivity contribution is 0.112. The molecular formula is C27H34N4OS. The van der Waals surface area contributed by atoms with Gasteiger partial charge in [-0.25, -0.2) is 4.98 Å². The number of carbonyl (C=O) groups excluding carboxylic acids is 1. The third kappa shape index (κ3) is 8.56. The van der Waals surface area contributed by atoms with Crippen LogP contribution in [0.15, 0.2) is 77.8 Å². The van der Waals surface area contributed by atoms with Crippen LogP contribution in [0.4, 0.5) is 11.5 Å². The minimum atomic E-state index is 0.701. The van der Waals surface area contributed by atoms with E-state index in [0.717, 1.165) is 55.3 Å². The van der Waals surface area contributed by atoms with Gasteiger partial charge >= 0.3 is 0 Å². The minimum Gasteiger partial charge on any atom is -0.354 e. The zero-order chi connectivity index (χ0) is 23.3. The van der Waals surface area contributed by atoms with Crippen LogP contribution >= 0.6 is 11.9 Å². The van der Waals surface area contributed by atoms with Crippen molar-refractivity contribution < 1.29 is 4.79 Å². The van der Waals surface area contributed by atoms with Gasteiger partial charge in [0.1, 0.15) is 12.1 Å². The molecule has 33 heavy (non-hydrogen) atoms. The molecule has 1 N–H and O–H groups in total. The first kappa shape index (κ1) is 24.8. The summed E-state index contributed by atoms with van der Waals surface area (Å²) in [5.41, 5.74) is 3.16. The number of benzene rings is 2. The molecule has 0 atom stereocenters. The van der Waals surface area contributed by atoms with Crippen LogP contribution in [0.5, 0.6) is 0 Å². The van der Waals surface area contributed by atoms with Crippen LogP contribution in [0.1, 0.15) is 35.7 Å². The molecular weight excluding hydrogens is 428 g/mol. The highest BCUT2D eigenvalue weighted by Crippen LogP contribution is 2.22. The molecule has 1 saturated heterocycles. The minimum absolute atomic E-state index is 0.701. The van der Waals surface area contributed by atoms with Crippen molar-refractivity contribution in [3.05, 3.63) is 84.1 Å². The molecule has 6 heteroatoms. The summed E-state index contributed by atoms with van der Waals surface area (Å²) in [4.78, 5) is 20.8. The molecule has 1 fully saturated rings. The maximum atomic E-state index is 10.7. The van der Waals surface area contributed by atoms with Crippen molar-refractivity contribution in [2.45, 2.75) is 31.1 Å². The summed E-state index contributed by atoms with van der Waals surface area (Å²) in [6.07, 6.45) is 6.33. The van der Waals surface area contributed by atoms with E-state index in [-0.39, 0.29) is 0 Å². The molecule has 0 spiro atoms. The summed E-state index contributed by atoms with van der Waals surface area (Å²) in [6.45, 7) is 6.66. The fourth-order valence-electron chi connectivity index (χ4n) is 3.47. The zero-order valence-corrected chi connectivity index (χ0v) is 20.4. The van der Waals surface area contributed by atoms with Gasteiger partial charge in [0.05, 0.1) is 0 Å². The molecule has 0 saturated carbocycles. The number of likely N-dealkylation sites (N-methyl/N-ethyl adjacent to an activating group) is 1. The number of pyridine rings is 1. The first-order chi connectivity index (χ1) is 16.2. The van der Waals surface area contributed by atoms with Gasteiger partial charge in [-0.2, -0.15) is 0 Å². The molecule has 0 unspecified atom stereocenters. The Bertz CT molecular complexity index is 957. The molecule has 174 valence electrons. The van der Waals surface area contributed by atoms with Gasteiger partial charge in [0, 0.05) is 48.5 Å². The van der Waals surface area contributed by atoms with Crippen molar-refractivity contribution in [3.63, 3.8) is 0 Å². The lowest BCUT2D eigenvalue weighted by Gasteiger charge is -2.33. The van der Waals surface area contributed by atoms with Gasteiger partial charge in [-0.05, 0) is 73.8 Å². The number of aromatic nitrogens is 1. The number of anilines is 2. The number of nitrogens with one attached hydrogen (secondary N) is 1. The molecule has 2 heterocycles. The predicted octanol–water partition coefficient (Wildman–Crippen LogP) is 5.79. The zero-order valence-electron chi connectivity index (χ0n) is 19.6. The highest BCUT2D eigenvalue weighted by molar-refractivity contribution is 8.00. The molecule has 0 radical (unpaired) electrons. The average Bonchev–Trinajstić information content (AvgIpc) is 2.88. The number of hydrogen-bond acceptors (Lipinski definition) is 6. The van der Waals surface area contributed by atoms with Crippen molar-refractivity contribution in [1.29, 1.82) is 0 Å². The van der Waals surface area contributed by atoms with Crippen molar-refractivity contribution in [1.82, 2.24) is 9.88 Å². The van der Waals surface area contributed by atoms with E-state index in [9.17, 15) is 4.79 Å². The highest BCUT2D eigenvalue weighted by atomic mass is 32.2. The van der Waals surface area contributed by atoms with Crippen LogP contribution in [0.2, 0.25) is 0 Å². The Kier molecular flexibility index (Phi) is 10.3. The van der Waals surface area contributed by atoms with Crippen molar-refractivity contribution in [3.8, 4) is 0 Å². The molecule has 0 amide bonds. The summed E-state index contributed by atoms with van der Waals surface area (Å²) in [5, 5.41) is 0. The second kappa shape index (κ2) is 13.7. The highest BCUT2D eigenvalue weighted by Gasteiger charge is 2.14. The van der Waals surface area contributed by atoms with Gasteiger partial charge in [0.2, 0.25) is 0 Å². The van der Waals surface area contributed by atoms with Crippen LogP contribution in [-0.4, -0.2) is 49.4 Å². The van der Waals surface area contributed by atoms with E-state index < -0.39 is 0 Å². The van der Waals surface area contributed by atoms with Crippen LogP contribution < -0.4 is 9.62 Å². The van der Waals surface area contributed by atoms with Crippen LogP contribution in [0.25, 0.3) is 0 Å². The third-order valence-electron chi connectivity index (χ3n) is 5.53. The van der Waals surface area contributed by atoms with Gasteiger partial charge in [-0.1, -0.05) is 43.7 Å². The van der Waals surface area contributed by atoms with Gasteiger partial charge < -0.3 is 14.5 Å². The van der Waals surface area contributed by atoms with E-state index in [0.29, 0.717) is 5.56 Å². The number of aryl methyl sites for hydroxylation is 1. The number of hydrogen-bond donors (Lipinski definition) is 1. The standard InChI is InChI=1S/C17H19NOS.C10H15N3/c1-2-3-5-14-8-10-16(11-9-14)18-20-17-7-4-6-15(12-17)13-19;1-12-6-8-13(9-7-12)10-4-2-3-5-11-10/h4,6-13,18H,2-3,5H2,1H3;2-5H,6-9H2,1H3. The Morgan fingerprint density at radius 3 is 2.45 bits per heavy atom. The van der Waals surface area contributed by atoms with Crippen molar-refractivity contribution in [2.75, 3.05) is 42.8 Å². The van der Waals surface area contributed by atoms with Gasteiger partial charge in [-0.3, -0.25) is 4.79 Å². The molecule has 4 rings (SSSR count). The number of aldehydes is 1. The molecule has 1 aliphatic rings. The third-order valence-corrected chi connectivity index (χ3v) is 6.36.